The number of hydrogen-bond donors (Lipinski definition) is 1. The molecule has 96 valence electrons. The van der Waals surface area contributed by atoms with Crippen LogP contribution >= 0.6 is 0 Å². The minimum Gasteiger partial charge on any atom is -0.389 e. The highest BCUT2D eigenvalue weighted by molar-refractivity contribution is 5.36. The van der Waals surface area contributed by atoms with Crippen LogP contribution in [0.5, 0.6) is 0 Å². The molecule has 0 saturated carbocycles. The van der Waals surface area contributed by atoms with E-state index in [4.69, 9.17) is 5.11 Å². The first kappa shape index (κ1) is 13.8. The Bertz CT molecular complexity index is 404. The fourth-order valence-corrected chi connectivity index (χ4v) is 1.34. The normalized spacial score (nSPS) is 14.8. The van der Waals surface area contributed by atoms with Gasteiger partial charge in [-0.1, -0.05) is 6.07 Å². The Kier molecular flexibility index (Phi) is 3.42. The van der Waals surface area contributed by atoms with Gasteiger partial charge in [0.25, 0.3) is 0 Å². The van der Waals surface area contributed by atoms with Crippen molar-refractivity contribution in [1.29, 1.82) is 0 Å². The third-order valence-electron chi connectivity index (χ3n) is 2.14. The molecule has 1 unspecified atom stereocenters. The Morgan fingerprint density at radius 2 is 1.53 bits per heavy atom. The molecule has 17 heavy (non-hydrogen) atoms. The number of alkyl halides is 6. The third kappa shape index (κ3) is 3.12. The molecule has 0 radical (unpaired) electrons. The summed E-state index contributed by atoms with van der Waals surface area (Å²) in [7, 11) is 0. The van der Waals surface area contributed by atoms with Crippen molar-refractivity contribution in [3.05, 3.63) is 34.9 Å². The first-order valence-corrected chi connectivity index (χ1v) is 4.50. The second kappa shape index (κ2) is 4.21. The van der Waals surface area contributed by atoms with Crippen LogP contribution in [0.15, 0.2) is 18.2 Å². The summed E-state index contributed by atoms with van der Waals surface area (Å²) in [6, 6.07) is 1.15. The highest BCUT2D eigenvalue weighted by Gasteiger charge is 2.38. The second-order valence-corrected chi connectivity index (χ2v) is 3.47. The van der Waals surface area contributed by atoms with E-state index in [-0.39, 0.29) is 6.07 Å². The van der Waals surface area contributed by atoms with Crippen LogP contribution in [-0.2, 0) is 12.4 Å². The largest absolute Gasteiger partial charge is 0.416 e. The summed E-state index contributed by atoms with van der Waals surface area (Å²) in [5.41, 5.74) is -3.44. The minimum atomic E-state index is -4.94. The average Bonchev–Trinajstić information content (AvgIpc) is 2.14. The number of aliphatic hydroxyl groups is 1. The zero-order valence-electron chi connectivity index (χ0n) is 8.52. The smallest absolute Gasteiger partial charge is 0.389 e. The molecule has 0 bridgehead atoms. The molecule has 1 rings (SSSR count). The van der Waals surface area contributed by atoms with E-state index in [1.54, 1.807) is 0 Å². The van der Waals surface area contributed by atoms with E-state index in [1.165, 1.54) is 0 Å². The van der Waals surface area contributed by atoms with Gasteiger partial charge in [0.05, 0.1) is 17.2 Å². The van der Waals surface area contributed by atoms with Gasteiger partial charge in [-0.05, 0) is 24.6 Å². The highest BCUT2D eigenvalue weighted by atomic mass is 19.4. The van der Waals surface area contributed by atoms with Crippen LogP contribution in [0.3, 0.4) is 0 Å². The molecule has 0 fully saturated rings. The Hall–Kier alpha value is -1.24. The Morgan fingerprint density at radius 3 is 1.88 bits per heavy atom. The van der Waals surface area contributed by atoms with Crippen LogP contribution in [0.4, 0.5) is 26.3 Å². The van der Waals surface area contributed by atoms with Gasteiger partial charge in [-0.2, -0.15) is 26.3 Å². The molecule has 0 aromatic heterocycles. The first-order valence-electron chi connectivity index (χ1n) is 4.50. The second-order valence-electron chi connectivity index (χ2n) is 3.47. The maximum Gasteiger partial charge on any atom is 0.416 e. The standard InChI is InChI=1S/C10H8F6O/c1-5(17)7-3-2-6(9(11,12)13)4-8(7)10(14,15)16/h2-5,17H,1H3. The quantitative estimate of drug-likeness (QED) is 0.760. The molecule has 1 nitrogen and oxygen atoms in total. The van der Waals surface area contributed by atoms with E-state index in [1.807, 2.05) is 0 Å². The Labute approximate surface area is 92.7 Å². The molecular formula is C10H8F6O. The van der Waals surface area contributed by atoms with Gasteiger partial charge >= 0.3 is 12.4 Å². The summed E-state index contributed by atoms with van der Waals surface area (Å²) < 4.78 is 74.3. The van der Waals surface area contributed by atoms with Crippen molar-refractivity contribution in [2.75, 3.05) is 0 Å². The molecule has 0 aliphatic heterocycles. The van der Waals surface area contributed by atoms with E-state index in [9.17, 15) is 26.3 Å². The van der Waals surface area contributed by atoms with Gasteiger partial charge in [-0.15, -0.1) is 0 Å². The number of halogens is 6. The number of rotatable bonds is 1. The highest BCUT2D eigenvalue weighted by Crippen LogP contribution is 2.38. The minimum absolute atomic E-state index is 0.00204. The van der Waals surface area contributed by atoms with Gasteiger partial charge in [-0.3, -0.25) is 0 Å². The third-order valence-corrected chi connectivity index (χ3v) is 2.14. The molecular weight excluding hydrogens is 250 g/mol. The van der Waals surface area contributed by atoms with Crippen molar-refractivity contribution in [1.82, 2.24) is 0 Å². The molecule has 0 amide bonds. The zero-order chi connectivity index (χ0) is 13.4. The predicted octanol–water partition coefficient (Wildman–Crippen LogP) is 3.78. The van der Waals surface area contributed by atoms with Crippen LogP contribution in [0.2, 0.25) is 0 Å². The summed E-state index contributed by atoms with van der Waals surface area (Å²) >= 11 is 0. The van der Waals surface area contributed by atoms with Crippen molar-refractivity contribution < 1.29 is 31.4 Å². The average molecular weight is 258 g/mol. The summed E-state index contributed by atoms with van der Waals surface area (Å²) in [6.45, 7) is 1.05. The Morgan fingerprint density at radius 1 is 1.00 bits per heavy atom. The lowest BCUT2D eigenvalue weighted by molar-refractivity contribution is -0.144. The van der Waals surface area contributed by atoms with Crippen molar-refractivity contribution >= 4 is 0 Å². The monoisotopic (exact) mass is 258 g/mol. The lowest BCUT2D eigenvalue weighted by Gasteiger charge is -2.17. The molecule has 7 heteroatoms. The zero-order valence-corrected chi connectivity index (χ0v) is 8.52. The lowest BCUT2D eigenvalue weighted by Crippen LogP contribution is -2.14. The lowest BCUT2D eigenvalue weighted by atomic mass is 9.99. The molecule has 0 spiro atoms. The van der Waals surface area contributed by atoms with Gasteiger partial charge in [0.1, 0.15) is 0 Å². The molecule has 0 saturated heterocycles. The molecule has 1 aromatic carbocycles. The van der Waals surface area contributed by atoms with Gasteiger partial charge in [0.2, 0.25) is 0 Å². The Balaban J connectivity index is 3.41. The fraction of sp³-hybridized carbons (Fsp3) is 0.400. The first-order chi connectivity index (χ1) is 7.53. The SMILES string of the molecule is CC(O)c1ccc(C(F)(F)F)cc1C(F)(F)F. The number of hydrogen-bond acceptors (Lipinski definition) is 1. The maximum atomic E-state index is 12.5. The van der Waals surface area contributed by atoms with Crippen LogP contribution in [0.25, 0.3) is 0 Å². The fourth-order valence-electron chi connectivity index (χ4n) is 1.34. The van der Waals surface area contributed by atoms with Crippen molar-refractivity contribution in [2.45, 2.75) is 25.4 Å². The molecule has 1 atom stereocenters. The van der Waals surface area contributed by atoms with Crippen LogP contribution in [0, 0.1) is 0 Å². The molecule has 1 aromatic rings. The number of benzene rings is 1. The topological polar surface area (TPSA) is 20.2 Å². The molecule has 0 aliphatic rings. The van der Waals surface area contributed by atoms with E-state index in [2.05, 4.69) is 0 Å². The maximum absolute atomic E-state index is 12.5. The molecule has 1 N–H and O–H groups in total. The molecule has 0 heterocycles. The van der Waals surface area contributed by atoms with Crippen LogP contribution < -0.4 is 0 Å². The van der Waals surface area contributed by atoms with Crippen molar-refractivity contribution in [3.63, 3.8) is 0 Å². The van der Waals surface area contributed by atoms with E-state index in [0.29, 0.717) is 12.1 Å². The van der Waals surface area contributed by atoms with Gasteiger partial charge in [-0.25, -0.2) is 0 Å². The van der Waals surface area contributed by atoms with E-state index < -0.39 is 35.1 Å². The molecule has 0 aliphatic carbocycles. The summed E-state index contributed by atoms with van der Waals surface area (Å²) in [5.74, 6) is 0. The predicted molar refractivity (Wildman–Crippen MR) is 47.1 cm³/mol. The summed E-state index contributed by atoms with van der Waals surface area (Å²) in [4.78, 5) is 0. The van der Waals surface area contributed by atoms with Gasteiger partial charge < -0.3 is 5.11 Å². The van der Waals surface area contributed by atoms with Crippen LogP contribution in [-0.4, -0.2) is 5.11 Å². The van der Waals surface area contributed by atoms with E-state index >= 15 is 0 Å². The van der Waals surface area contributed by atoms with Gasteiger partial charge in [0.15, 0.2) is 0 Å². The number of aliphatic hydroxyl groups excluding tert-OH is 1. The van der Waals surface area contributed by atoms with Gasteiger partial charge in [0, 0.05) is 0 Å². The van der Waals surface area contributed by atoms with Crippen LogP contribution in [0.1, 0.15) is 29.7 Å². The van der Waals surface area contributed by atoms with E-state index in [0.717, 1.165) is 6.92 Å². The summed E-state index contributed by atoms with van der Waals surface area (Å²) in [6.07, 6.45) is -11.3. The van der Waals surface area contributed by atoms with Crippen molar-refractivity contribution in [3.8, 4) is 0 Å². The van der Waals surface area contributed by atoms with Crippen molar-refractivity contribution in [2.24, 2.45) is 0 Å². The summed E-state index contributed by atoms with van der Waals surface area (Å²) in [5, 5.41) is 9.08.